The summed E-state index contributed by atoms with van der Waals surface area (Å²) in [5.74, 6) is 6.83. The van der Waals surface area contributed by atoms with Crippen LogP contribution in [0.3, 0.4) is 0 Å². The summed E-state index contributed by atoms with van der Waals surface area (Å²) in [5.41, 5.74) is 0.531. The standard InChI is InChI=1S/C26H38OS/c1-26-17-15-23-22-10-6-5-7-19(22)11-13-24(23)25(26)14-12-20(26)16-18-28(27)21-8-3-2-4-9-21/h2-4,8-9,19-20,22-25H,5-7,10-18H2,1H3/t19?,20-,22-,23-,24-,25+,26-,28?/m1/s1. The van der Waals surface area contributed by atoms with Crippen LogP contribution in [0.2, 0.25) is 0 Å². The lowest BCUT2D eigenvalue weighted by Crippen LogP contribution is -2.48. The molecule has 4 aliphatic carbocycles. The summed E-state index contributed by atoms with van der Waals surface area (Å²) in [6.07, 6.45) is 16.1. The molecule has 1 aromatic carbocycles. The lowest BCUT2D eigenvalue weighted by Gasteiger charge is -2.55. The lowest BCUT2D eigenvalue weighted by atomic mass is 9.49. The van der Waals surface area contributed by atoms with Crippen LogP contribution in [0.25, 0.3) is 0 Å². The normalized spacial score (nSPS) is 43.6. The van der Waals surface area contributed by atoms with Gasteiger partial charge in [0, 0.05) is 0 Å². The molecule has 4 fully saturated rings. The molecule has 0 aliphatic heterocycles. The summed E-state index contributed by atoms with van der Waals surface area (Å²) in [7, 11) is 0. The Bertz CT molecular complexity index is 660. The van der Waals surface area contributed by atoms with Gasteiger partial charge in [-0.1, -0.05) is 44.4 Å². The highest BCUT2D eigenvalue weighted by Gasteiger charge is 2.56. The van der Waals surface area contributed by atoms with Crippen molar-refractivity contribution in [3.63, 3.8) is 0 Å². The molecular weight excluding hydrogens is 360 g/mol. The van der Waals surface area contributed by atoms with Crippen LogP contribution < -0.4 is 0 Å². The third-order valence-corrected chi connectivity index (χ3v) is 11.1. The van der Waals surface area contributed by atoms with Crippen molar-refractivity contribution in [3.05, 3.63) is 30.3 Å². The van der Waals surface area contributed by atoms with Crippen LogP contribution in [-0.2, 0) is 11.2 Å². The molecule has 4 aliphatic rings. The maximum Gasteiger partial charge on any atom is 0.152 e. The fourth-order valence-corrected chi connectivity index (χ4v) is 9.55. The largest absolute Gasteiger partial charge is 0.611 e. The molecule has 4 saturated carbocycles. The molecule has 1 nitrogen and oxygen atoms in total. The van der Waals surface area contributed by atoms with Gasteiger partial charge in [0.15, 0.2) is 4.90 Å². The Morgan fingerprint density at radius 2 is 1.71 bits per heavy atom. The van der Waals surface area contributed by atoms with Crippen molar-refractivity contribution in [1.29, 1.82) is 0 Å². The Morgan fingerprint density at radius 3 is 2.57 bits per heavy atom. The Kier molecular flexibility index (Phi) is 5.56. The summed E-state index contributed by atoms with van der Waals surface area (Å²) < 4.78 is 12.8. The van der Waals surface area contributed by atoms with Crippen molar-refractivity contribution in [2.45, 2.75) is 82.4 Å². The first kappa shape index (κ1) is 19.5. The van der Waals surface area contributed by atoms with Gasteiger partial charge in [-0.05, 0) is 116 Å². The molecule has 0 spiro atoms. The zero-order valence-corrected chi connectivity index (χ0v) is 18.5. The van der Waals surface area contributed by atoms with Crippen molar-refractivity contribution in [2.24, 2.45) is 40.9 Å². The molecule has 5 rings (SSSR count). The zero-order chi connectivity index (χ0) is 19.1. The van der Waals surface area contributed by atoms with E-state index in [1.54, 1.807) is 0 Å². The molecule has 0 heterocycles. The molecule has 2 heteroatoms. The molecule has 8 atom stereocenters. The summed E-state index contributed by atoms with van der Waals surface area (Å²) >= 11 is -0.823. The van der Waals surface area contributed by atoms with Crippen molar-refractivity contribution in [3.8, 4) is 0 Å². The molecule has 0 radical (unpaired) electrons. The third kappa shape index (κ3) is 3.37. The van der Waals surface area contributed by atoms with Gasteiger partial charge in [0.25, 0.3) is 0 Å². The fourth-order valence-electron chi connectivity index (χ4n) is 8.35. The number of benzene rings is 1. The Labute approximate surface area is 175 Å². The minimum Gasteiger partial charge on any atom is -0.611 e. The molecule has 0 N–H and O–H groups in total. The summed E-state index contributed by atoms with van der Waals surface area (Å²) in [6, 6.07) is 10.1. The van der Waals surface area contributed by atoms with Crippen LogP contribution >= 0.6 is 0 Å². The minimum absolute atomic E-state index is 0.531. The maximum absolute atomic E-state index is 12.8. The van der Waals surface area contributed by atoms with Gasteiger partial charge in [-0.25, -0.2) is 0 Å². The van der Waals surface area contributed by atoms with Crippen LogP contribution in [0.15, 0.2) is 35.2 Å². The average molecular weight is 399 g/mol. The van der Waals surface area contributed by atoms with E-state index in [0.717, 1.165) is 52.6 Å². The van der Waals surface area contributed by atoms with E-state index in [1.165, 1.54) is 64.2 Å². The van der Waals surface area contributed by atoms with Gasteiger partial charge in [-0.15, -0.1) is 0 Å². The van der Waals surface area contributed by atoms with Gasteiger partial charge in [-0.3, -0.25) is 0 Å². The highest BCUT2D eigenvalue weighted by atomic mass is 32.2. The molecule has 0 bridgehead atoms. The third-order valence-electron chi connectivity index (χ3n) is 9.74. The second-order valence-electron chi connectivity index (χ2n) is 10.7. The first-order valence-electron chi connectivity index (χ1n) is 12.1. The van der Waals surface area contributed by atoms with Crippen molar-refractivity contribution < 1.29 is 4.55 Å². The van der Waals surface area contributed by atoms with Crippen LogP contribution in [0.1, 0.15) is 77.6 Å². The van der Waals surface area contributed by atoms with E-state index in [9.17, 15) is 4.55 Å². The summed E-state index contributed by atoms with van der Waals surface area (Å²) in [4.78, 5) is 1.02. The van der Waals surface area contributed by atoms with Crippen molar-refractivity contribution in [2.75, 3.05) is 5.75 Å². The zero-order valence-electron chi connectivity index (χ0n) is 17.7. The van der Waals surface area contributed by atoms with Gasteiger partial charge in [0.05, 0.1) is 0 Å². The van der Waals surface area contributed by atoms with E-state index in [2.05, 4.69) is 6.92 Å². The van der Waals surface area contributed by atoms with Gasteiger partial charge in [-0.2, -0.15) is 0 Å². The number of fused-ring (bicyclic) bond motifs is 5. The topological polar surface area (TPSA) is 23.1 Å². The molecule has 0 amide bonds. The molecule has 0 aromatic heterocycles. The van der Waals surface area contributed by atoms with E-state index in [-0.39, 0.29) is 0 Å². The maximum atomic E-state index is 12.8. The minimum atomic E-state index is -0.823. The lowest BCUT2D eigenvalue weighted by molar-refractivity contribution is -0.0622. The van der Waals surface area contributed by atoms with Crippen LogP contribution in [0, 0.1) is 40.9 Å². The summed E-state index contributed by atoms with van der Waals surface area (Å²) in [6.45, 7) is 2.63. The fraction of sp³-hybridized carbons (Fsp3) is 0.769. The van der Waals surface area contributed by atoms with E-state index in [0.29, 0.717) is 5.41 Å². The molecule has 1 aromatic rings. The number of hydrogen-bond donors (Lipinski definition) is 0. The number of rotatable bonds is 4. The van der Waals surface area contributed by atoms with E-state index >= 15 is 0 Å². The van der Waals surface area contributed by atoms with Crippen molar-refractivity contribution >= 4 is 11.2 Å². The highest BCUT2D eigenvalue weighted by Crippen LogP contribution is 2.64. The second kappa shape index (κ2) is 7.99. The summed E-state index contributed by atoms with van der Waals surface area (Å²) in [5, 5.41) is 0. The van der Waals surface area contributed by atoms with Gasteiger partial charge >= 0.3 is 0 Å². The van der Waals surface area contributed by atoms with E-state index in [4.69, 9.17) is 0 Å². The first-order chi connectivity index (χ1) is 13.7. The Hall–Kier alpha value is -0.470. The quantitative estimate of drug-likeness (QED) is 0.509. The SMILES string of the molecule is C[C@]12CC[C@H]3[C@@H](CCC4CCCC[C@H]43)[C@@H]1CC[C@@H]2CC[S+]([O-])c1ccccc1. The average Bonchev–Trinajstić information content (AvgIpc) is 3.08. The van der Waals surface area contributed by atoms with Crippen LogP contribution in [0.5, 0.6) is 0 Å². The highest BCUT2D eigenvalue weighted by molar-refractivity contribution is 7.91. The predicted molar refractivity (Wildman–Crippen MR) is 118 cm³/mol. The monoisotopic (exact) mass is 398 g/mol. The van der Waals surface area contributed by atoms with Crippen LogP contribution in [-0.4, -0.2) is 10.3 Å². The molecule has 2 unspecified atom stereocenters. The Morgan fingerprint density at radius 1 is 0.893 bits per heavy atom. The molecular formula is C26H38OS. The van der Waals surface area contributed by atoms with Gasteiger partial charge < -0.3 is 4.55 Å². The van der Waals surface area contributed by atoms with E-state index < -0.39 is 11.2 Å². The van der Waals surface area contributed by atoms with Crippen LogP contribution in [0.4, 0.5) is 0 Å². The first-order valence-corrected chi connectivity index (χ1v) is 13.4. The van der Waals surface area contributed by atoms with Gasteiger partial charge in [0.2, 0.25) is 0 Å². The molecule has 28 heavy (non-hydrogen) atoms. The Balaban J connectivity index is 1.25. The van der Waals surface area contributed by atoms with E-state index in [1.807, 2.05) is 30.3 Å². The predicted octanol–water partition coefficient (Wildman–Crippen LogP) is 6.84. The molecule has 154 valence electrons. The number of hydrogen-bond acceptors (Lipinski definition) is 1. The smallest absolute Gasteiger partial charge is 0.152 e. The van der Waals surface area contributed by atoms with Gasteiger partial charge in [0.1, 0.15) is 5.75 Å². The second-order valence-corrected chi connectivity index (χ2v) is 12.3. The molecule has 0 saturated heterocycles. The van der Waals surface area contributed by atoms with Crippen molar-refractivity contribution in [1.82, 2.24) is 0 Å².